The van der Waals surface area contributed by atoms with Crippen LogP contribution in [0.15, 0.2) is 93.2 Å². The van der Waals surface area contributed by atoms with Crippen LogP contribution in [0.25, 0.3) is 11.0 Å². The van der Waals surface area contributed by atoms with Gasteiger partial charge in [0, 0.05) is 25.2 Å². The normalized spacial score (nSPS) is 11.7. The first kappa shape index (κ1) is 28.4. The van der Waals surface area contributed by atoms with Gasteiger partial charge in [0.1, 0.15) is 11.4 Å². The molecule has 204 valence electrons. The zero-order valence-corrected chi connectivity index (χ0v) is 22.6. The minimum atomic E-state index is -4.09. The number of sulfonamides is 1. The van der Waals surface area contributed by atoms with E-state index < -0.39 is 28.3 Å². The number of hydrogen-bond acceptors (Lipinski definition) is 6. The van der Waals surface area contributed by atoms with Gasteiger partial charge in [0.25, 0.3) is 0 Å². The maximum Gasteiger partial charge on any atom is 0.243 e. The van der Waals surface area contributed by atoms with Crippen molar-refractivity contribution in [2.24, 2.45) is 0 Å². The second-order valence-corrected chi connectivity index (χ2v) is 11.1. The third-order valence-electron chi connectivity index (χ3n) is 6.06. The Labute approximate surface area is 230 Å². The van der Waals surface area contributed by atoms with Gasteiger partial charge in [-0.2, -0.15) is 4.31 Å². The summed E-state index contributed by atoms with van der Waals surface area (Å²) in [6, 6.07) is 17.9. The number of amides is 1. The van der Waals surface area contributed by atoms with Crippen molar-refractivity contribution in [3.63, 3.8) is 0 Å². The summed E-state index contributed by atoms with van der Waals surface area (Å²) in [7, 11) is -2.66. The molecule has 1 amide bonds. The number of ether oxygens (including phenoxy) is 1. The Kier molecular flexibility index (Phi) is 9.13. The molecule has 1 heterocycles. The molecule has 0 unspecified atom stereocenters. The van der Waals surface area contributed by atoms with E-state index in [1.807, 2.05) is 0 Å². The van der Waals surface area contributed by atoms with Crippen LogP contribution in [0.3, 0.4) is 0 Å². The van der Waals surface area contributed by atoms with Crippen LogP contribution in [-0.2, 0) is 32.6 Å². The molecule has 0 atom stereocenters. The second-order valence-electron chi connectivity index (χ2n) is 8.75. The van der Waals surface area contributed by atoms with Crippen LogP contribution in [0.4, 0.5) is 4.39 Å². The maximum absolute atomic E-state index is 13.7. The van der Waals surface area contributed by atoms with E-state index in [1.165, 1.54) is 66.8 Å². The predicted octanol–water partition coefficient (Wildman–Crippen LogP) is 4.45. The summed E-state index contributed by atoms with van der Waals surface area (Å²) in [4.78, 5) is 28.1. The summed E-state index contributed by atoms with van der Waals surface area (Å²) in [6.45, 7) is -0.705. The Bertz CT molecular complexity index is 1610. The lowest BCUT2D eigenvalue weighted by Crippen LogP contribution is -2.44. The van der Waals surface area contributed by atoms with Crippen molar-refractivity contribution in [1.29, 1.82) is 0 Å². The number of hydrogen-bond donors (Lipinski definition) is 0. The standard InChI is InChI=1S/C28H26ClFN2O6S/c1-37-15-14-32(39(35,36)24-12-8-22(29)9-13-24)18-27(33)31(16-20-6-10-23(30)11-7-20)17-21-19-38-26-5-3-2-4-25(26)28(21)34/h2-13,19H,14-18H2,1H3. The van der Waals surface area contributed by atoms with Crippen LogP contribution in [0.5, 0.6) is 0 Å². The summed E-state index contributed by atoms with van der Waals surface area (Å²) >= 11 is 5.92. The molecule has 4 rings (SSSR count). The fourth-order valence-electron chi connectivity index (χ4n) is 3.96. The Morgan fingerprint density at radius 2 is 1.69 bits per heavy atom. The number of benzene rings is 3. The predicted molar refractivity (Wildman–Crippen MR) is 145 cm³/mol. The highest BCUT2D eigenvalue weighted by molar-refractivity contribution is 7.89. The molecule has 39 heavy (non-hydrogen) atoms. The van der Waals surface area contributed by atoms with Gasteiger partial charge in [0.15, 0.2) is 5.43 Å². The lowest BCUT2D eigenvalue weighted by molar-refractivity contribution is -0.132. The van der Waals surface area contributed by atoms with Crippen molar-refractivity contribution in [2.75, 3.05) is 26.8 Å². The highest BCUT2D eigenvalue weighted by Crippen LogP contribution is 2.20. The van der Waals surface area contributed by atoms with Crippen LogP contribution < -0.4 is 5.43 Å². The molecule has 0 N–H and O–H groups in total. The Morgan fingerprint density at radius 3 is 2.38 bits per heavy atom. The van der Waals surface area contributed by atoms with Gasteiger partial charge in [0.2, 0.25) is 15.9 Å². The van der Waals surface area contributed by atoms with Crippen molar-refractivity contribution >= 4 is 38.5 Å². The molecule has 0 aliphatic heterocycles. The molecule has 0 spiro atoms. The third kappa shape index (κ3) is 6.90. The van der Waals surface area contributed by atoms with Crippen molar-refractivity contribution in [1.82, 2.24) is 9.21 Å². The van der Waals surface area contributed by atoms with E-state index in [-0.39, 0.29) is 42.1 Å². The van der Waals surface area contributed by atoms with Gasteiger partial charge in [-0.25, -0.2) is 12.8 Å². The van der Waals surface area contributed by atoms with Crippen LogP contribution in [0.1, 0.15) is 11.1 Å². The molecule has 3 aromatic carbocycles. The van der Waals surface area contributed by atoms with Gasteiger partial charge in [-0.15, -0.1) is 0 Å². The van der Waals surface area contributed by atoms with Gasteiger partial charge in [0.05, 0.1) is 41.8 Å². The maximum atomic E-state index is 13.7. The van der Waals surface area contributed by atoms with E-state index in [0.29, 0.717) is 21.6 Å². The highest BCUT2D eigenvalue weighted by atomic mass is 35.5. The number of carbonyl (C=O) groups excluding carboxylic acids is 1. The lowest BCUT2D eigenvalue weighted by Gasteiger charge is -2.27. The van der Waals surface area contributed by atoms with Crippen molar-refractivity contribution in [3.05, 3.63) is 111 Å². The number of carbonyl (C=O) groups is 1. The molecular formula is C28H26ClFN2O6S. The van der Waals surface area contributed by atoms with E-state index in [9.17, 15) is 22.4 Å². The number of para-hydroxylation sites is 1. The van der Waals surface area contributed by atoms with E-state index in [0.717, 1.165) is 4.31 Å². The molecule has 1 aromatic heterocycles. The molecule has 0 aliphatic carbocycles. The van der Waals surface area contributed by atoms with Crippen molar-refractivity contribution in [3.8, 4) is 0 Å². The highest BCUT2D eigenvalue weighted by Gasteiger charge is 2.29. The summed E-state index contributed by atoms with van der Waals surface area (Å²) in [5.41, 5.74) is 0.910. The zero-order valence-electron chi connectivity index (χ0n) is 21.0. The number of fused-ring (bicyclic) bond motifs is 1. The summed E-state index contributed by atoms with van der Waals surface area (Å²) in [5.74, 6) is -1.01. The zero-order chi connectivity index (χ0) is 28.0. The topological polar surface area (TPSA) is 97.1 Å². The number of rotatable bonds is 11. The van der Waals surface area contributed by atoms with Gasteiger partial charge >= 0.3 is 0 Å². The number of methoxy groups -OCH3 is 1. The van der Waals surface area contributed by atoms with Crippen LogP contribution in [0.2, 0.25) is 5.02 Å². The smallest absolute Gasteiger partial charge is 0.243 e. The summed E-state index contributed by atoms with van der Waals surface area (Å²) < 4.78 is 52.0. The Morgan fingerprint density at radius 1 is 1.00 bits per heavy atom. The molecule has 0 saturated carbocycles. The summed E-state index contributed by atoms with van der Waals surface area (Å²) in [6.07, 6.45) is 1.29. The third-order valence-corrected chi connectivity index (χ3v) is 8.17. The fourth-order valence-corrected chi connectivity index (χ4v) is 5.46. The SMILES string of the molecule is COCCN(CC(=O)N(Cc1ccc(F)cc1)Cc1coc2ccccc2c1=O)S(=O)(=O)c1ccc(Cl)cc1. The first-order chi connectivity index (χ1) is 18.7. The van der Waals surface area contributed by atoms with E-state index in [4.69, 9.17) is 20.8 Å². The molecule has 0 saturated heterocycles. The van der Waals surface area contributed by atoms with Gasteiger partial charge < -0.3 is 14.1 Å². The molecule has 0 fully saturated rings. The average molecular weight is 573 g/mol. The van der Waals surface area contributed by atoms with Crippen LogP contribution in [0, 0.1) is 5.82 Å². The molecule has 4 aromatic rings. The molecule has 0 radical (unpaired) electrons. The average Bonchev–Trinajstić information content (AvgIpc) is 2.93. The van der Waals surface area contributed by atoms with Crippen LogP contribution in [-0.4, -0.2) is 50.3 Å². The Hall–Kier alpha value is -3.57. The minimum absolute atomic E-state index is 0.00445. The van der Waals surface area contributed by atoms with Crippen LogP contribution >= 0.6 is 11.6 Å². The first-order valence-corrected chi connectivity index (χ1v) is 13.8. The van der Waals surface area contributed by atoms with Crippen molar-refractivity contribution < 1.29 is 26.8 Å². The quantitative estimate of drug-likeness (QED) is 0.263. The minimum Gasteiger partial charge on any atom is -0.464 e. The summed E-state index contributed by atoms with van der Waals surface area (Å²) in [5, 5.41) is 0.726. The second kappa shape index (κ2) is 12.5. The largest absolute Gasteiger partial charge is 0.464 e. The molecule has 0 bridgehead atoms. The molecular weight excluding hydrogens is 547 g/mol. The van der Waals surface area contributed by atoms with Crippen molar-refractivity contribution in [2.45, 2.75) is 18.0 Å². The van der Waals surface area contributed by atoms with E-state index in [2.05, 4.69) is 0 Å². The lowest BCUT2D eigenvalue weighted by atomic mass is 10.1. The van der Waals surface area contributed by atoms with E-state index >= 15 is 0 Å². The van der Waals surface area contributed by atoms with Gasteiger partial charge in [-0.05, 0) is 54.1 Å². The van der Waals surface area contributed by atoms with E-state index in [1.54, 1.807) is 24.3 Å². The molecule has 0 aliphatic rings. The number of halogens is 2. The molecule has 8 nitrogen and oxygen atoms in total. The Balaban J connectivity index is 1.66. The molecule has 11 heteroatoms. The fraction of sp³-hybridized carbons (Fsp3) is 0.214. The first-order valence-electron chi connectivity index (χ1n) is 12.0. The monoisotopic (exact) mass is 572 g/mol. The van der Waals surface area contributed by atoms with Gasteiger partial charge in [-0.1, -0.05) is 35.9 Å². The number of nitrogens with zero attached hydrogens (tertiary/aromatic N) is 2. The van der Waals surface area contributed by atoms with Gasteiger partial charge in [-0.3, -0.25) is 9.59 Å².